The molecule has 0 saturated carbocycles. The van der Waals surface area contributed by atoms with Crippen molar-refractivity contribution in [2.45, 2.75) is 19.8 Å². The van der Waals surface area contributed by atoms with Crippen LogP contribution in [-0.2, 0) is 0 Å². The van der Waals surface area contributed by atoms with Crippen molar-refractivity contribution < 1.29 is 0 Å². The van der Waals surface area contributed by atoms with Crippen LogP contribution in [0.1, 0.15) is 28.2 Å². The van der Waals surface area contributed by atoms with E-state index in [1.54, 1.807) is 24.3 Å². The molecule has 1 aromatic heterocycles. The van der Waals surface area contributed by atoms with E-state index in [1.165, 1.54) is 0 Å². The number of rotatable bonds is 3. The molecule has 26 heavy (non-hydrogen) atoms. The Balaban J connectivity index is 2.12. The minimum Gasteiger partial charge on any atom is -0.271 e. The first-order chi connectivity index (χ1) is 12.4. The molecule has 3 aromatic rings. The highest BCUT2D eigenvalue weighted by molar-refractivity contribution is 6.30. The van der Waals surface area contributed by atoms with E-state index in [4.69, 9.17) is 11.6 Å². The van der Waals surface area contributed by atoms with Crippen LogP contribution in [0.25, 0.3) is 5.69 Å². The number of nitriles is 1. The van der Waals surface area contributed by atoms with Crippen LogP contribution < -0.4 is 11.2 Å². The summed E-state index contributed by atoms with van der Waals surface area (Å²) in [6.07, 6.45) is 1.05. The molecule has 0 aliphatic rings. The Hall–Kier alpha value is -3.17. The van der Waals surface area contributed by atoms with E-state index in [0.717, 1.165) is 33.1 Å². The SMILES string of the molecule is Cc1cc(-n2ncc(=O)[nH]c2=O)cc(C)c1C(C#N)c1ccc(Cl)cc1. The summed E-state index contributed by atoms with van der Waals surface area (Å²) >= 11 is 5.94. The molecule has 7 heteroatoms. The van der Waals surface area contributed by atoms with Crippen LogP contribution in [0.3, 0.4) is 0 Å². The predicted molar refractivity (Wildman–Crippen MR) is 98.8 cm³/mol. The molecular weight excluding hydrogens is 352 g/mol. The second-order valence-electron chi connectivity index (χ2n) is 5.96. The largest absolute Gasteiger partial charge is 0.349 e. The lowest BCUT2D eigenvalue weighted by Gasteiger charge is -2.18. The highest BCUT2D eigenvalue weighted by atomic mass is 35.5. The molecule has 1 N–H and O–H groups in total. The Labute approximate surface area is 154 Å². The number of H-pyrrole nitrogens is 1. The third-order valence-corrected chi connectivity index (χ3v) is 4.41. The molecule has 0 aliphatic heterocycles. The van der Waals surface area contributed by atoms with E-state index < -0.39 is 17.2 Å². The zero-order chi connectivity index (χ0) is 18.8. The number of hydrogen-bond donors (Lipinski definition) is 1. The van der Waals surface area contributed by atoms with Gasteiger partial charge in [-0.25, -0.2) is 4.79 Å². The monoisotopic (exact) mass is 366 g/mol. The summed E-state index contributed by atoms with van der Waals surface area (Å²) in [5.74, 6) is -0.457. The number of aromatic amines is 1. The second kappa shape index (κ2) is 6.98. The molecule has 0 amide bonds. The predicted octanol–water partition coefficient (Wildman–Crippen LogP) is 2.85. The first-order valence-corrected chi connectivity index (χ1v) is 8.23. The molecule has 0 saturated heterocycles. The van der Waals surface area contributed by atoms with Gasteiger partial charge in [-0.2, -0.15) is 15.0 Å². The Morgan fingerprint density at radius 1 is 1.15 bits per heavy atom. The molecular formula is C19H15ClN4O2. The average Bonchev–Trinajstić information content (AvgIpc) is 2.59. The van der Waals surface area contributed by atoms with Gasteiger partial charge >= 0.3 is 5.69 Å². The molecule has 1 atom stereocenters. The fraction of sp³-hybridized carbons (Fsp3) is 0.158. The van der Waals surface area contributed by atoms with Gasteiger partial charge in [0.2, 0.25) is 0 Å². The number of halogens is 1. The molecule has 2 aromatic carbocycles. The van der Waals surface area contributed by atoms with E-state index in [-0.39, 0.29) is 0 Å². The molecule has 0 spiro atoms. The van der Waals surface area contributed by atoms with Crippen LogP contribution >= 0.6 is 11.6 Å². The van der Waals surface area contributed by atoms with Crippen molar-refractivity contribution in [3.8, 4) is 11.8 Å². The fourth-order valence-corrected chi connectivity index (χ4v) is 3.15. The van der Waals surface area contributed by atoms with Crippen molar-refractivity contribution in [3.63, 3.8) is 0 Å². The third kappa shape index (κ3) is 3.30. The number of hydrogen-bond acceptors (Lipinski definition) is 4. The summed E-state index contributed by atoms with van der Waals surface area (Å²) in [5, 5.41) is 14.2. The summed E-state index contributed by atoms with van der Waals surface area (Å²) in [6.45, 7) is 3.76. The quantitative estimate of drug-likeness (QED) is 0.771. The molecule has 0 fully saturated rings. The Bertz CT molecular complexity index is 1100. The lowest BCUT2D eigenvalue weighted by atomic mass is 9.86. The van der Waals surface area contributed by atoms with Gasteiger partial charge in [-0.3, -0.25) is 9.78 Å². The normalized spacial score (nSPS) is 11.8. The second-order valence-corrected chi connectivity index (χ2v) is 6.39. The zero-order valence-corrected chi connectivity index (χ0v) is 14.9. The molecule has 0 radical (unpaired) electrons. The minimum absolute atomic E-state index is 0.457. The van der Waals surface area contributed by atoms with E-state index in [1.807, 2.05) is 26.0 Å². The molecule has 1 heterocycles. The van der Waals surface area contributed by atoms with Crippen LogP contribution in [0.2, 0.25) is 5.02 Å². The van der Waals surface area contributed by atoms with Gasteiger partial charge in [0.15, 0.2) is 0 Å². The van der Waals surface area contributed by atoms with Gasteiger partial charge in [-0.05, 0) is 60.4 Å². The first-order valence-electron chi connectivity index (χ1n) is 7.86. The van der Waals surface area contributed by atoms with Crippen LogP contribution in [-0.4, -0.2) is 14.8 Å². The van der Waals surface area contributed by atoms with Gasteiger partial charge in [0.25, 0.3) is 5.56 Å². The smallest absolute Gasteiger partial charge is 0.271 e. The summed E-state index contributed by atoms with van der Waals surface area (Å²) in [5.41, 5.74) is 2.77. The molecule has 130 valence electrons. The van der Waals surface area contributed by atoms with E-state index >= 15 is 0 Å². The summed E-state index contributed by atoms with van der Waals surface area (Å²) in [6, 6.07) is 13.1. The highest BCUT2D eigenvalue weighted by Crippen LogP contribution is 2.31. The molecule has 0 bridgehead atoms. The lowest BCUT2D eigenvalue weighted by molar-refractivity contribution is 0.747. The van der Waals surface area contributed by atoms with Crippen molar-refractivity contribution in [2.75, 3.05) is 0 Å². The molecule has 3 rings (SSSR count). The minimum atomic E-state index is -0.612. The number of aryl methyl sites for hydroxylation is 2. The molecule has 1 unspecified atom stereocenters. The summed E-state index contributed by atoms with van der Waals surface area (Å²) in [7, 11) is 0. The highest BCUT2D eigenvalue weighted by Gasteiger charge is 2.19. The van der Waals surface area contributed by atoms with Crippen molar-refractivity contribution in [1.82, 2.24) is 14.8 Å². The number of aromatic nitrogens is 3. The summed E-state index contributed by atoms with van der Waals surface area (Å²) in [4.78, 5) is 25.3. The fourth-order valence-electron chi connectivity index (χ4n) is 3.03. The zero-order valence-electron chi connectivity index (χ0n) is 14.2. The van der Waals surface area contributed by atoms with Crippen LogP contribution in [0.15, 0.2) is 52.2 Å². The lowest BCUT2D eigenvalue weighted by Crippen LogP contribution is -2.30. The molecule has 0 aliphatic carbocycles. The van der Waals surface area contributed by atoms with Crippen LogP contribution in [0.5, 0.6) is 0 Å². The maximum atomic E-state index is 12.0. The Kier molecular flexibility index (Phi) is 4.74. The van der Waals surface area contributed by atoms with E-state index in [2.05, 4.69) is 16.2 Å². The van der Waals surface area contributed by atoms with Crippen molar-refractivity contribution in [2.24, 2.45) is 0 Å². The number of nitrogens with zero attached hydrogens (tertiary/aromatic N) is 3. The van der Waals surface area contributed by atoms with E-state index in [0.29, 0.717) is 10.7 Å². The van der Waals surface area contributed by atoms with Crippen molar-refractivity contribution >= 4 is 11.6 Å². The van der Waals surface area contributed by atoms with Crippen molar-refractivity contribution in [3.05, 3.63) is 90.7 Å². The third-order valence-electron chi connectivity index (χ3n) is 4.16. The molecule has 6 nitrogen and oxygen atoms in total. The number of nitrogens with one attached hydrogen (secondary N) is 1. The Morgan fingerprint density at radius 3 is 2.31 bits per heavy atom. The van der Waals surface area contributed by atoms with Gasteiger partial charge < -0.3 is 0 Å². The first kappa shape index (κ1) is 17.6. The van der Waals surface area contributed by atoms with Gasteiger partial charge in [0.1, 0.15) is 6.20 Å². The van der Waals surface area contributed by atoms with Crippen LogP contribution in [0.4, 0.5) is 0 Å². The topological polar surface area (TPSA) is 91.5 Å². The number of benzene rings is 2. The van der Waals surface area contributed by atoms with E-state index in [9.17, 15) is 14.9 Å². The standard InChI is InChI=1S/C19H15ClN4O2/c1-11-7-15(24-19(26)23-17(25)10-22-24)8-12(2)18(11)16(9-21)13-3-5-14(20)6-4-13/h3-8,10,16H,1-2H3,(H,23,25,26). The maximum Gasteiger partial charge on any atom is 0.349 e. The average molecular weight is 367 g/mol. The van der Waals surface area contributed by atoms with Crippen LogP contribution in [0, 0.1) is 25.2 Å². The van der Waals surface area contributed by atoms with Crippen molar-refractivity contribution in [1.29, 1.82) is 5.26 Å². The van der Waals surface area contributed by atoms with Gasteiger partial charge in [-0.1, -0.05) is 23.7 Å². The maximum absolute atomic E-state index is 12.0. The Morgan fingerprint density at radius 2 is 1.77 bits per heavy atom. The summed E-state index contributed by atoms with van der Waals surface area (Å²) < 4.78 is 1.12. The van der Waals surface area contributed by atoms with Gasteiger partial charge in [0.05, 0.1) is 17.7 Å². The van der Waals surface area contributed by atoms with Gasteiger partial charge in [-0.15, -0.1) is 0 Å². The van der Waals surface area contributed by atoms with Gasteiger partial charge in [0, 0.05) is 5.02 Å².